The van der Waals surface area contributed by atoms with Gasteiger partial charge in [-0.2, -0.15) is 4.68 Å². The number of hydrogen-bond donors (Lipinski definition) is 1. The van der Waals surface area contributed by atoms with Crippen LogP contribution in [-0.4, -0.2) is 38.6 Å². The van der Waals surface area contributed by atoms with Crippen molar-refractivity contribution < 1.29 is 9.59 Å². The Bertz CT molecular complexity index is 983. The molecule has 2 aromatic carbocycles. The number of benzene rings is 2. The fourth-order valence-corrected chi connectivity index (χ4v) is 3.25. The Hall–Kier alpha value is -3.55. The molecular formula is C20H20N6O2. The van der Waals surface area contributed by atoms with Crippen LogP contribution >= 0.6 is 0 Å². The molecule has 1 aromatic heterocycles. The zero-order valence-corrected chi connectivity index (χ0v) is 15.4. The third kappa shape index (κ3) is 3.62. The van der Waals surface area contributed by atoms with E-state index >= 15 is 0 Å². The lowest BCUT2D eigenvalue weighted by atomic mass is 10.1. The molecule has 3 aromatic rings. The molecular weight excluding hydrogens is 356 g/mol. The van der Waals surface area contributed by atoms with Crippen molar-refractivity contribution in [2.45, 2.75) is 19.9 Å². The van der Waals surface area contributed by atoms with Crippen molar-refractivity contribution in [3.05, 3.63) is 66.0 Å². The number of nitrogens with one attached hydrogen (secondary N) is 1. The predicted octanol–water partition coefficient (Wildman–Crippen LogP) is 1.64. The van der Waals surface area contributed by atoms with E-state index < -0.39 is 5.92 Å². The van der Waals surface area contributed by atoms with Crippen LogP contribution in [0.4, 0.5) is 5.69 Å². The van der Waals surface area contributed by atoms with E-state index in [2.05, 4.69) is 20.8 Å². The highest BCUT2D eigenvalue weighted by atomic mass is 16.2. The highest BCUT2D eigenvalue weighted by Crippen LogP contribution is 2.24. The molecule has 0 bridgehead atoms. The van der Waals surface area contributed by atoms with Crippen molar-refractivity contribution in [1.29, 1.82) is 0 Å². The van der Waals surface area contributed by atoms with Gasteiger partial charge in [-0.3, -0.25) is 9.59 Å². The second kappa shape index (κ2) is 7.59. The van der Waals surface area contributed by atoms with Crippen molar-refractivity contribution in [2.75, 3.05) is 11.4 Å². The SMILES string of the molecule is Cc1ccc(-n2nnnc2CNC(=O)C2CC(=O)N(c3ccccc3)C2)cc1. The second-order valence-corrected chi connectivity index (χ2v) is 6.80. The Labute approximate surface area is 162 Å². The molecule has 4 rings (SSSR count). The number of amides is 2. The molecule has 0 aliphatic carbocycles. The summed E-state index contributed by atoms with van der Waals surface area (Å²) < 4.78 is 1.59. The third-order valence-corrected chi connectivity index (χ3v) is 4.80. The Morgan fingerprint density at radius 3 is 2.61 bits per heavy atom. The first kappa shape index (κ1) is 17.8. The summed E-state index contributed by atoms with van der Waals surface area (Å²) in [6, 6.07) is 17.2. The third-order valence-electron chi connectivity index (χ3n) is 4.80. The summed E-state index contributed by atoms with van der Waals surface area (Å²) in [5.74, 6) is -0.0843. The number of tetrazole rings is 1. The molecule has 1 atom stereocenters. The number of carbonyl (C=O) groups is 2. The minimum atomic E-state index is -0.392. The van der Waals surface area contributed by atoms with Crippen LogP contribution in [-0.2, 0) is 16.1 Å². The van der Waals surface area contributed by atoms with Crippen LogP contribution in [0, 0.1) is 12.8 Å². The van der Waals surface area contributed by atoms with Crippen LogP contribution in [0.15, 0.2) is 54.6 Å². The van der Waals surface area contributed by atoms with E-state index in [0.29, 0.717) is 12.4 Å². The summed E-state index contributed by atoms with van der Waals surface area (Å²) in [5.41, 5.74) is 2.78. The molecule has 0 radical (unpaired) electrons. The molecule has 0 spiro atoms. The van der Waals surface area contributed by atoms with E-state index in [1.807, 2.05) is 61.5 Å². The van der Waals surface area contributed by atoms with Gasteiger partial charge in [0.15, 0.2) is 5.82 Å². The van der Waals surface area contributed by atoms with E-state index in [4.69, 9.17) is 0 Å². The minimum Gasteiger partial charge on any atom is -0.348 e. The lowest BCUT2D eigenvalue weighted by Crippen LogP contribution is -2.33. The standard InChI is InChI=1S/C20H20N6O2/c1-14-7-9-17(10-8-14)26-18(22-23-24-26)12-21-20(28)15-11-19(27)25(13-15)16-5-3-2-4-6-16/h2-10,15H,11-13H2,1H3,(H,21,28). The summed E-state index contributed by atoms with van der Waals surface area (Å²) >= 11 is 0. The first-order valence-electron chi connectivity index (χ1n) is 9.09. The van der Waals surface area contributed by atoms with E-state index in [0.717, 1.165) is 16.9 Å². The van der Waals surface area contributed by atoms with Gasteiger partial charge in [-0.1, -0.05) is 35.9 Å². The first-order chi connectivity index (χ1) is 13.6. The average molecular weight is 376 g/mol. The molecule has 28 heavy (non-hydrogen) atoms. The van der Waals surface area contributed by atoms with Gasteiger partial charge in [-0.25, -0.2) is 0 Å². The molecule has 0 saturated carbocycles. The zero-order chi connectivity index (χ0) is 19.5. The summed E-state index contributed by atoms with van der Waals surface area (Å²) in [5, 5.41) is 14.6. The summed E-state index contributed by atoms with van der Waals surface area (Å²) in [6.07, 6.45) is 0.198. The maximum atomic E-state index is 12.6. The van der Waals surface area contributed by atoms with Crippen LogP contribution < -0.4 is 10.2 Å². The lowest BCUT2D eigenvalue weighted by molar-refractivity contribution is -0.126. The van der Waals surface area contributed by atoms with E-state index in [1.165, 1.54) is 0 Å². The van der Waals surface area contributed by atoms with Gasteiger partial charge in [0, 0.05) is 18.7 Å². The molecule has 142 valence electrons. The van der Waals surface area contributed by atoms with Crippen LogP contribution in [0.3, 0.4) is 0 Å². The Morgan fingerprint density at radius 1 is 1.11 bits per heavy atom. The van der Waals surface area contributed by atoms with Crippen molar-refractivity contribution in [3.63, 3.8) is 0 Å². The van der Waals surface area contributed by atoms with Crippen LogP contribution in [0.1, 0.15) is 17.8 Å². The molecule has 2 amide bonds. The van der Waals surface area contributed by atoms with Gasteiger partial charge >= 0.3 is 0 Å². The molecule has 1 fully saturated rings. The van der Waals surface area contributed by atoms with Crippen molar-refractivity contribution >= 4 is 17.5 Å². The molecule has 1 unspecified atom stereocenters. The number of aryl methyl sites for hydroxylation is 1. The maximum absolute atomic E-state index is 12.6. The van der Waals surface area contributed by atoms with Crippen molar-refractivity contribution in [1.82, 2.24) is 25.5 Å². The Kier molecular flexibility index (Phi) is 4.84. The topological polar surface area (TPSA) is 93.0 Å². The maximum Gasteiger partial charge on any atom is 0.227 e. The zero-order valence-electron chi connectivity index (χ0n) is 15.4. The fraction of sp³-hybridized carbons (Fsp3) is 0.250. The Balaban J connectivity index is 1.40. The van der Waals surface area contributed by atoms with Gasteiger partial charge in [-0.15, -0.1) is 5.10 Å². The van der Waals surface area contributed by atoms with Gasteiger partial charge in [-0.05, 0) is 41.6 Å². The van der Waals surface area contributed by atoms with Crippen LogP contribution in [0.2, 0.25) is 0 Å². The van der Waals surface area contributed by atoms with Gasteiger partial charge in [0.1, 0.15) is 0 Å². The summed E-state index contributed by atoms with van der Waals surface area (Å²) in [7, 11) is 0. The van der Waals surface area contributed by atoms with Crippen LogP contribution in [0.5, 0.6) is 0 Å². The normalized spacial score (nSPS) is 16.4. The van der Waals surface area contributed by atoms with Gasteiger partial charge < -0.3 is 10.2 Å². The highest BCUT2D eigenvalue weighted by Gasteiger charge is 2.35. The number of anilines is 1. The van der Waals surface area contributed by atoms with Gasteiger partial charge in [0.2, 0.25) is 11.8 Å². The summed E-state index contributed by atoms with van der Waals surface area (Å²) in [6.45, 7) is 2.57. The molecule has 1 saturated heterocycles. The molecule has 8 nitrogen and oxygen atoms in total. The van der Waals surface area contributed by atoms with Crippen LogP contribution in [0.25, 0.3) is 5.69 Å². The number of para-hydroxylation sites is 1. The van der Waals surface area contributed by atoms with E-state index in [1.54, 1.807) is 9.58 Å². The highest BCUT2D eigenvalue weighted by molar-refractivity contribution is 6.00. The molecule has 1 aliphatic rings. The lowest BCUT2D eigenvalue weighted by Gasteiger charge is -2.16. The van der Waals surface area contributed by atoms with Crippen molar-refractivity contribution in [2.24, 2.45) is 5.92 Å². The van der Waals surface area contributed by atoms with E-state index in [-0.39, 0.29) is 24.8 Å². The number of aromatic nitrogens is 4. The number of rotatable bonds is 5. The molecule has 8 heteroatoms. The molecule has 1 aliphatic heterocycles. The predicted molar refractivity (Wildman–Crippen MR) is 103 cm³/mol. The number of hydrogen-bond acceptors (Lipinski definition) is 5. The fourth-order valence-electron chi connectivity index (χ4n) is 3.25. The molecule has 2 heterocycles. The van der Waals surface area contributed by atoms with Gasteiger partial charge in [0.05, 0.1) is 18.2 Å². The van der Waals surface area contributed by atoms with E-state index in [9.17, 15) is 9.59 Å². The monoisotopic (exact) mass is 376 g/mol. The minimum absolute atomic E-state index is 0.0455. The average Bonchev–Trinajstić information content (AvgIpc) is 3.34. The smallest absolute Gasteiger partial charge is 0.227 e. The van der Waals surface area contributed by atoms with Gasteiger partial charge in [0.25, 0.3) is 0 Å². The van der Waals surface area contributed by atoms with Crippen molar-refractivity contribution in [3.8, 4) is 5.69 Å². The molecule has 1 N–H and O–H groups in total. The second-order valence-electron chi connectivity index (χ2n) is 6.80. The first-order valence-corrected chi connectivity index (χ1v) is 9.09. The largest absolute Gasteiger partial charge is 0.348 e. The Morgan fingerprint density at radius 2 is 1.86 bits per heavy atom. The quantitative estimate of drug-likeness (QED) is 0.731. The summed E-state index contributed by atoms with van der Waals surface area (Å²) in [4.78, 5) is 26.5. The number of nitrogens with zero attached hydrogens (tertiary/aromatic N) is 5. The number of carbonyl (C=O) groups excluding carboxylic acids is 2.